The zero-order chi connectivity index (χ0) is 31.3. The smallest absolute Gasteiger partial charge is 0.307 e. The molecule has 0 unspecified atom stereocenters. The van der Waals surface area contributed by atoms with Crippen molar-refractivity contribution >= 4 is 91.8 Å². The first-order chi connectivity index (χ1) is 21.0. The fraction of sp³-hybridized carbons (Fsp3) is 0.240. The van der Waals surface area contributed by atoms with Crippen LogP contribution in [0.1, 0.15) is 17.0 Å². The van der Waals surface area contributed by atoms with Gasteiger partial charge in [-0.2, -0.15) is 0 Å². The summed E-state index contributed by atoms with van der Waals surface area (Å²) in [6.07, 6.45) is 5.27. The van der Waals surface area contributed by atoms with Crippen LogP contribution < -0.4 is 26.9 Å². The number of nitrogens with zero attached hydrogens (tertiary/aromatic N) is 7. The molecule has 6 rings (SSSR count). The first kappa shape index (κ1) is 29.7. The van der Waals surface area contributed by atoms with Gasteiger partial charge in [0.25, 0.3) is 0 Å². The van der Waals surface area contributed by atoms with Crippen molar-refractivity contribution in [3.05, 3.63) is 62.3 Å². The number of hydrogen-bond donors (Lipinski definition) is 4. The van der Waals surface area contributed by atoms with E-state index in [4.69, 9.17) is 28.8 Å². The number of oxime groups is 1. The molecule has 1 saturated heterocycles. The quantitative estimate of drug-likeness (QED) is 0.0443. The summed E-state index contributed by atoms with van der Waals surface area (Å²) >= 11 is 9.84. The molecule has 15 nitrogen and oxygen atoms in total. The van der Waals surface area contributed by atoms with Crippen molar-refractivity contribution in [2.24, 2.45) is 27.5 Å². The predicted molar refractivity (Wildman–Crippen MR) is 163 cm³/mol. The number of hydrogen-bond acceptors (Lipinski definition) is 12. The van der Waals surface area contributed by atoms with E-state index >= 15 is 0 Å². The van der Waals surface area contributed by atoms with Gasteiger partial charge in [0.1, 0.15) is 22.8 Å². The van der Waals surface area contributed by atoms with E-state index in [0.29, 0.717) is 23.6 Å². The third-order valence-corrected chi connectivity index (χ3v) is 10.5. The van der Waals surface area contributed by atoms with E-state index in [1.807, 2.05) is 49.9 Å². The summed E-state index contributed by atoms with van der Waals surface area (Å²) in [6.45, 7) is 0.760. The fourth-order valence-corrected chi connectivity index (χ4v) is 8.38. The number of aliphatic carboxylic acids is 1. The Labute approximate surface area is 265 Å². The molecule has 44 heavy (non-hydrogen) atoms. The number of β-lactam (4-membered cyclic amide) rings is 1. The van der Waals surface area contributed by atoms with Gasteiger partial charge in [0.05, 0.1) is 47.5 Å². The molecule has 228 valence electrons. The average molecular weight is 675 g/mol. The minimum absolute atomic E-state index is 0.0139. The predicted octanol–water partition coefficient (Wildman–Crippen LogP) is 0.108. The molecule has 19 heteroatoms. The van der Waals surface area contributed by atoms with Crippen LogP contribution >= 0.6 is 46.0 Å². The van der Waals surface area contributed by atoms with Crippen LogP contribution in [0.15, 0.2) is 57.5 Å². The minimum Gasteiger partial charge on any atom is -0.543 e. The second kappa shape index (κ2) is 11.6. The zero-order valence-corrected chi connectivity index (χ0v) is 25.7. The molecule has 1 fully saturated rings. The highest BCUT2D eigenvalue weighted by Crippen LogP contribution is 2.45. The van der Waals surface area contributed by atoms with Crippen LogP contribution in [-0.2, 0) is 27.5 Å². The van der Waals surface area contributed by atoms with Crippen LogP contribution in [0, 0.1) is 5.92 Å². The Balaban J connectivity index is 1.19. The van der Waals surface area contributed by atoms with Crippen LogP contribution in [0.25, 0.3) is 5.65 Å². The number of carbonyl (C=O) groups is 3. The van der Waals surface area contributed by atoms with Gasteiger partial charge in [-0.05, 0) is 11.6 Å². The first-order valence-electron chi connectivity index (χ1n) is 12.8. The molecule has 0 spiro atoms. The summed E-state index contributed by atoms with van der Waals surface area (Å²) in [4.78, 5) is 48.7. The van der Waals surface area contributed by atoms with Gasteiger partial charge in [-0.3, -0.25) is 14.5 Å². The molecule has 1 amide bonds. The lowest BCUT2D eigenvalue weighted by Gasteiger charge is -2.50. The van der Waals surface area contributed by atoms with Gasteiger partial charge < -0.3 is 32.3 Å². The molecule has 0 saturated carbocycles. The molecule has 0 radical (unpaired) electrons. The summed E-state index contributed by atoms with van der Waals surface area (Å²) in [6, 6.07) is 3.80. The van der Waals surface area contributed by atoms with Crippen molar-refractivity contribution < 1.29 is 29.3 Å². The number of amides is 1. The monoisotopic (exact) mass is 674 g/mol. The molecule has 6 heterocycles. The van der Waals surface area contributed by atoms with Crippen LogP contribution in [0.3, 0.4) is 0 Å². The van der Waals surface area contributed by atoms with Gasteiger partial charge >= 0.3 is 5.65 Å². The zero-order valence-electron chi connectivity index (χ0n) is 22.5. The number of nitrogens with two attached hydrogens (primary N) is 3. The lowest BCUT2D eigenvalue weighted by atomic mass is 9.89. The number of ketones is 1. The lowest BCUT2D eigenvalue weighted by Crippen LogP contribution is -2.63. The molecule has 2 atom stereocenters. The summed E-state index contributed by atoms with van der Waals surface area (Å²) in [5.74, 6) is -3.25. The highest BCUT2D eigenvalue weighted by Gasteiger charge is 2.53. The number of imidazole rings is 1. The molecule has 4 aromatic heterocycles. The molecule has 0 aromatic carbocycles. The molecule has 7 N–H and O–H groups in total. The molecule has 2 aliphatic heterocycles. The van der Waals surface area contributed by atoms with Crippen molar-refractivity contribution in [2.45, 2.75) is 24.9 Å². The second-order valence-corrected chi connectivity index (χ2v) is 13.6. The Morgan fingerprint density at radius 2 is 2.09 bits per heavy atom. The topological polar surface area (TPSA) is 227 Å². The number of thioether (sulfide) groups is 1. The Bertz CT molecular complexity index is 1920. The van der Waals surface area contributed by atoms with Crippen LogP contribution in [0.5, 0.6) is 0 Å². The molecule has 0 bridgehead atoms. The van der Waals surface area contributed by atoms with Gasteiger partial charge in [0.15, 0.2) is 28.8 Å². The molecular weight excluding hydrogens is 652 g/mol. The Kier molecular flexibility index (Phi) is 7.82. The number of carboxylic acid groups (broad SMARTS) is 1. The van der Waals surface area contributed by atoms with E-state index in [9.17, 15) is 24.7 Å². The maximum atomic E-state index is 13.2. The number of carboxylic acids is 1. The highest BCUT2D eigenvalue weighted by molar-refractivity contribution is 8.00. The molecule has 0 aliphatic carbocycles. The number of rotatable bonds is 10. The number of nitrogen functional groups attached to an aromatic ring is 1. The van der Waals surface area contributed by atoms with E-state index in [2.05, 4.69) is 15.1 Å². The molecule has 4 aromatic rings. The van der Waals surface area contributed by atoms with Gasteiger partial charge in [-0.15, -0.1) is 27.6 Å². The van der Waals surface area contributed by atoms with Gasteiger partial charge in [-0.1, -0.05) is 28.1 Å². The van der Waals surface area contributed by atoms with E-state index < -0.39 is 34.7 Å². The van der Waals surface area contributed by atoms with E-state index in [1.165, 1.54) is 28.0 Å². The minimum atomic E-state index is -1.48. The summed E-state index contributed by atoms with van der Waals surface area (Å²) in [5.41, 5.74) is 17.9. The fourth-order valence-electron chi connectivity index (χ4n) is 5.25. The van der Waals surface area contributed by atoms with Crippen molar-refractivity contribution in [3.8, 4) is 0 Å². The average Bonchev–Trinajstić information content (AvgIpc) is 3.75. The van der Waals surface area contributed by atoms with Crippen LogP contribution in [-0.4, -0.2) is 64.7 Å². The summed E-state index contributed by atoms with van der Waals surface area (Å²) in [7, 11) is 0. The maximum Gasteiger partial charge on any atom is 0.307 e. The number of thiazole rings is 1. The Hall–Kier alpha value is -4.39. The van der Waals surface area contributed by atoms with Gasteiger partial charge in [0.2, 0.25) is 5.91 Å². The van der Waals surface area contributed by atoms with Crippen molar-refractivity contribution in [2.75, 3.05) is 11.5 Å². The molecular formula is C25H23ClN10O5S3. The number of aromatic nitrogens is 4. The third kappa shape index (κ3) is 5.29. The van der Waals surface area contributed by atoms with Crippen molar-refractivity contribution in [1.29, 1.82) is 0 Å². The normalized spacial score (nSPS) is 18.4. The van der Waals surface area contributed by atoms with Crippen molar-refractivity contribution in [3.63, 3.8) is 0 Å². The van der Waals surface area contributed by atoms with Crippen LogP contribution in [0.4, 0.5) is 10.8 Å². The number of thiophene rings is 1. The lowest BCUT2D eigenvalue weighted by molar-refractivity contribution is -0.661. The SMILES string of the molecule is NC(N)=Nc1csc(C[n+]2ccn3c2ccn3CC2=C(C(=O)[O-])N3C(=O)[C@@H](CC(=O)/C(=N\O)c4nc(N)sc4Cl)[C@H]3SC2)c1. The number of halogens is 1. The number of guanidine groups is 1. The highest BCUT2D eigenvalue weighted by atomic mass is 35.5. The van der Waals surface area contributed by atoms with E-state index in [0.717, 1.165) is 21.9 Å². The first-order valence-corrected chi connectivity index (χ1v) is 16.0. The second-order valence-electron chi connectivity index (χ2n) is 9.86. The van der Waals surface area contributed by atoms with Crippen molar-refractivity contribution in [1.82, 2.24) is 19.1 Å². The Morgan fingerprint density at radius 3 is 2.77 bits per heavy atom. The van der Waals surface area contributed by atoms with Crippen LogP contribution in [0.2, 0.25) is 4.34 Å². The molecule has 2 aliphatic rings. The standard InChI is InChI=1S/C25H23ClN10O5S3/c26-20-18(31-25(29)44-20)17(32-41)15(37)6-14-21(38)36-19(23(39)40)11(9-43-22(14)36)7-34-2-1-16-33(3-4-35(16)34)8-13-5-12(10-42-13)30-24(27)28/h1-5,10,14,22H,6-9H2,(H7-,27,28,29,30,31,37,39,40,41)/t14-,22-/m1/s1. The van der Waals surface area contributed by atoms with Gasteiger partial charge in [0, 0.05) is 22.4 Å². The van der Waals surface area contributed by atoms with Gasteiger partial charge in [-0.25, -0.2) is 19.2 Å². The third-order valence-electron chi connectivity index (χ3n) is 7.11. The number of anilines is 1. The number of aliphatic imine (C=N–C) groups is 1. The van der Waals surface area contributed by atoms with E-state index in [1.54, 1.807) is 0 Å². The summed E-state index contributed by atoms with van der Waals surface area (Å²) < 4.78 is 5.81. The van der Waals surface area contributed by atoms with E-state index in [-0.39, 0.29) is 39.8 Å². The number of carbonyl (C=O) groups excluding carboxylic acids is 3. The maximum absolute atomic E-state index is 13.2. The number of Topliss-reactive ketones (excluding diaryl/α,β-unsaturated/α-hetero) is 1. The number of fused-ring (bicyclic) bond motifs is 2. The Morgan fingerprint density at radius 1 is 1.30 bits per heavy atom. The largest absolute Gasteiger partial charge is 0.543 e. The summed E-state index contributed by atoms with van der Waals surface area (Å²) in [5, 5.41) is 26.1.